The zero-order valence-corrected chi connectivity index (χ0v) is 9.59. The summed E-state index contributed by atoms with van der Waals surface area (Å²) in [7, 11) is 0. The van der Waals surface area contributed by atoms with Crippen LogP contribution in [0.1, 0.15) is 18.2 Å². The largest absolute Gasteiger partial charge is 0.439 e. The van der Waals surface area contributed by atoms with Crippen molar-refractivity contribution in [2.24, 2.45) is 0 Å². The quantitative estimate of drug-likeness (QED) is 0.734. The fourth-order valence-corrected chi connectivity index (χ4v) is 1.45. The summed E-state index contributed by atoms with van der Waals surface area (Å²) in [5.74, 6) is 1.23. The molecule has 4 heteroatoms. The lowest BCUT2D eigenvalue weighted by Crippen LogP contribution is -1.80. The third-order valence-corrected chi connectivity index (χ3v) is 2.43. The molecule has 1 aromatic carbocycles. The molecule has 0 aliphatic heterocycles. The van der Waals surface area contributed by atoms with Gasteiger partial charge in [0.1, 0.15) is 5.38 Å². The topological polar surface area (TPSA) is 26.0 Å². The molecule has 2 aromatic rings. The van der Waals surface area contributed by atoms with Gasteiger partial charge in [0.05, 0.1) is 6.20 Å². The normalized spacial score (nSPS) is 12.7. The Morgan fingerprint density at radius 2 is 1.93 bits per heavy atom. The van der Waals surface area contributed by atoms with Crippen LogP contribution in [0.2, 0.25) is 5.02 Å². The maximum absolute atomic E-state index is 5.85. The first-order chi connectivity index (χ1) is 7.16. The van der Waals surface area contributed by atoms with E-state index in [-0.39, 0.29) is 5.38 Å². The second-order valence-electron chi connectivity index (χ2n) is 3.19. The molecule has 0 saturated carbocycles. The van der Waals surface area contributed by atoms with Crippen molar-refractivity contribution in [1.29, 1.82) is 0 Å². The SMILES string of the molecule is CC(Cl)c1ncc(-c2ccc(Cl)cc2)o1. The first kappa shape index (κ1) is 10.5. The lowest BCUT2D eigenvalue weighted by atomic mass is 10.2. The molecule has 78 valence electrons. The van der Waals surface area contributed by atoms with E-state index in [2.05, 4.69) is 4.98 Å². The van der Waals surface area contributed by atoms with Crippen LogP contribution >= 0.6 is 23.2 Å². The van der Waals surface area contributed by atoms with Crippen LogP contribution in [-0.2, 0) is 0 Å². The summed E-state index contributed by atoms with van der Waals surface area (Å²) in [5, 5.41) is 0.482. The van der Waals surface area contributed by atoms with Crippen LogP contribution < -0.4 is 0 Å². The average molecular weight is 242 g/mol. The summed E-state index contributed by atoms with van der Waals surface area (Å²) >= 11 is 11.6. The molecule has 1 heterocycles. The molecule has 0 saturated heterocycles. The van der Waals surface area contributed by atoms with E-state index in [1.54, 1.807) is 6.20 Å². The molecule has 0 fully saturated rings. The van der Waals surface area contributed by atoms with Crippen molar-refractivity contribution in [3.05, 3.63) is 41.4 Å². The van der Waals surface area contributed by atoms with Crippen LogP contribution in [0.15, 0.2) is 34.9 Å². The number of halogens is 2. The molecule has 0 bridgehead atoms. The molecule has 1 atom stereocenters. The number of rotatable bonds is 2. The third-order valence-electron chi connectivity index (χ3n) is 1.99. The van der Waals surface area contributed by atoms with E-state index in [0.29, 0.717) is 16.7 Å². The first-order valence-electron chi connectivity index (χ1n) is 4.52. The van der Waals surface area contributed by atoms with Gasteiger partial charge in [-0.1, -0.05) is 11.6 Å². The number of hydrogen-bond acceptors (Lipinski definition) is 2. The van der Waals surface area contributed by atoms with Crippen molar-refractivity contribution < 1.29 is 4.42 Å². The van der Waals surface area contributed by atoms with Gasteiger partial charge in [-0.25, -0.2) is 4.98 Å². The van der Waals surface area contributed by atoms with E-state index in [4.69, 9.17) is 27.6 Å². The van der Waals surface area contributed by atoms with E-state index < -0.39 is 0 Å². The van der Waals surface area contributed by atoms with Crippen LogP contribution in [-0.4, -0.2) is 4.98 Å². The highest BCUT2D eigenvalue weighted by Crippen LogP contribution is 2.26. The predicted molar refractivity (Wildman–Crippen MR) is 61.2 cm³/mol. The number of alkyl halides is 1. The van der Waals surface area contributed by atoms with Crippen LogP contribution in [0.3, 0.4) is 0 Å². The Morgan fingerprint density at radius 1 is 1.27 bits per heavy atom. The molecule has 2 nitrogen and oxygen atoms in total. The Morgan fingerprint density at radius 3 is 2.47 bits per heavy atom. The monoisotopic (exact) mass is 241 g/mol. The molecule has 0 spiro atoms. The van der Waals surface area contributed by atoms with E-state index >= 15 is 0 Å². The van der Waals surface area contributed by atoms with Gasteiger partial charge in [0, 0.05) is 10.6 Å². The van der Waals surface area contributed by atoms with Crippen molar-refractivity contribution in [1.82, 2.24) is 4.98 Å². The van der Waals surface area contributed by atoms with Gasteiger partial charge in [-0.2, -0.15) is 0 Å². The number of oxazole rings is 1. The zero-order chi connectivity index (χ0) is 10.8. The van der Waals surface area contributed by atoms with Crippen LogP contribution in [0.4, 0.5) is 0 Å². The second kappa shape index (κ2) is 4.25. The van der Waals surface area contributed by atoms with Gasteiger partial charge in [0.25, 0.3) is 0 Å². The standard InChI is InChI=1S/C11H9Cl2NO/c1-7(12)11-14-6-10(15-11)8-2-4-9(13)5-3-8/h2-7H,1H3. The summed E-state index contributed by atoms with van der Waals surface area (Å²) in [5.41, 5.74) is 0.940. The Balaban J connectivity index is 2.33. The van der Waals surface area contributed by atoms with E-state index in [9.17, 15) is 0 Å². The molecule has 0 N–H and O–H groups in total. The minimum Gasteiger partial charge on any atom is -0.439 e. The van der Waals surface area contributed by atoms with E-state index in [0.717, 1.165) is 5.56 Å². The van der Waals surface area contributed by atoms with Crippen molar-refractivity contribution in [2.75, 3.05) is 0 Å². The summed E-state index contributed by atoms with van der Waals surface area (Å²) < 4.78 is 5.48. The summed E-state index contributed by atoms with van der Waals surface area (Å²) in [6.07, 6.45) is 1.66. The fourth-order valence-electron chi connectivity index (χ4n) is 1.22. The highest BCUT2D eigenvalue weighted by molar-refractivity contribution is 6.30. The van der Waals surface area contributed by atoms with Crippen LogP contribution in [0.25, 0.3) is 11.3 Å². The van der Waals surface area contributed by atoms with Gasteiger partial charge in [0.15, 0.2) is 5.76 Å². The number of benzene rings is 1. The Hall–Kier alpha value is -0.990. The minimum absolute atomic E-state index is 0.217. The van der Waals surface area contributed by atoms with Crippen molar-refractivity contribution in [3.63, 3.8) is 0 Å². The molecule has 1 aromatic heterocycles. The van der Waals surface area contributed by atoms with Gasteiger partial charge < -0.3 is 4.42 Å². The fraction of sp³-hybridized carbons (Fsp3) is 0.182. The van der Waals surface area contributed by atoms with Gasteiger partial charge in [0.2, 0.25) is 5.89 Å². The van der Waals surface area contributed by atoms with Gasteiger partial charge in [-0.3, -0.25) is 0 Å². The van der Waals surface area contributed by atoms with Crippen molar-refractivity contribution in [3.8, 4) is 11.3 Å². The molecule has 1 unspecified atom stereocenters. The smallest absolute Gasteiger partial charge is 0.212 e. The van der Waals surface area contributed by atoms with E-state index in [1.165, 1.54) is 0 Å². The lowest BCUT2D eigenvalue weighted by molar-refractivity contribution is 0.508. The Kier molecular flexibility index (Phi) is 2.98. The summed E-state index contributed by atoms with van der Waals surface area (Å²) in [6, 6.07) is 7.38. The van der Waals surface area contributed by atoms with Crippen molar-refractivity contribution >= 4 is 23.2 Å². The van der Waals surface area contributed by atoms with Crippen LogP contribution in [0.5, 0.6) is 0 Å². The molecular weight excluding hydrogens is 233 g/mol. The highest BCUT2D eigenvalue weighted by Gasteiger charge is 2.10. The average Bonchev–Trinajstić information content (AvgIpc) is 2.68. The van der Waals surface area contributed by atoms with Gasteiger partial charge in [-0.05, 0) is 31.2 Å². The zero-order valence-electron chi connectivity index (χ0n) is 8.08. The van der Waals surface area contributed by atoms with Crippen LogP contribution in [0, 0.1) is 0 Å². The molecule has 0 aliphatic rings. The Bertz CT molecular complexity index is 448. The summed E-state index contributed by atoms with van der Waals surface area (Å²) in [4.78, 5) is 4.08. The predicted octanol–water partition coefficient (Wildman–Crippen LogP) is 4.29. The summed E-state index contributed by atoms with van der Waals surface area (Å²) in [6.45, 7) is 1.82. The third kappa shape index (κ3) is 2.33. The second-order valence-corrected chi connectivity index (χ2v) is 4.28. The Labute approximate surface area is 97.8 Å². The number of aromatic nitrogens is 1. The minimum atomic E-state index is -0.217. The van der Waals surface area contributed by atoms with Gasteiger partial charge >= 0.3 is 0 Å². The molecule has 0 radical (unpaired) electrons. The number of hydrogen-bond donors (Lipinski definition) is 0. The molecule has 15 heavy (non-hydrogen) atoms. The van der Waals surface area contributed by atoms with E-state index in [1.807, 2.05) is 31.2 Å². The van der Waals surface area contributed by atoms with Gasteiger partial charge in [-0.15, -0.1) is 11.6 Å². The first-order valence-corrected chi connectivity index (χ1v) is 5.34. The molecular formula is C11H9Cl2NO. The number of nitrogens with zero attached hydrogens (tertiary/aromatic N) is 1. The maximum Gasteiger partial charge on any atom is 0.212 e. The molecule has 0 amide bonds. The molecule has 2 rings (SSSR count). The highest BCUT2D eigenvalue weighted by atomic mass is 35.5. The maximum atomic E-state index is 5.85. The van der Waals surface area contributed by atoms with Crippen molar-refractivity contribution in [2.45, 2.75) is 12.3 Å². The molecule has 0 aliphatic carbocycles. The lowest BCUT2D eigenvalue weighted by Gasteiger charge is -1.97.